The Balaban J connectivity index is 2.73. The van der Waals surface area contributed by atoms with E-state index in [0.717, 1.165) is 5.56 Å². The number of aromatic nitrogens is 2. The molecular formula is C12H12N2O3. The Morgan fingerprint density at radius 3 is 2.88 bits per heavy atom. The van der Waals surface area contributed by atoms with Crippen LogP contribution in [-0.4, -0.2) is 20.6 Å². The lowest BCUT2D eigenvalue weighted by Gasteiger charge is -2.11. The van der Waals surface area contributed by atoms with Crippen molar-refractivity contribution in [3.63, 3.8) is 0 Å². The first-order valence-electron chi connectivity index (χ1n) is 5.21. The minimum Gasteiger partial charge on any atom is -0.480 e. The van der Waals surface area contributed by atoms with Gasteiger partial charge in [-0.25, -0.2) is 4.79 Å². The molecule has 0 aliphatic rings. The molecule has 2 aromatic rings. The lowest BCUT2D eigenvalue weighted by molar-refractivity contribution is -0.140. The van der Waals surface area contributed by atoms with E-state index in [1.165, 1.54) is 17.7 Å². The molecule has 88 valence electrons. The number of nitrogens with zero attached hydrogens (tertiary/aromatic N) is 2. The Bertz CT molecular complexity index is 646. The van der Waals surface area contributed by atoms with Crippen molar-refractivity contribution in [3.05, 3.63) is 40.4 Å². The smallest absolute Gasteiger partial charge is 0.326 e. The quantitative estimate of drug-likeness (QED) is 0.848. The van der Waals surface area contributed by atoms with Crippen molar-refractivity contribution in [3.8, 4) is 0 Å². The third-order valence-electron chi connectivity index (χ3n) is 2.69. The highest BCUT2D eigenvalue weighted by Crippen LogP contribution is 2.10. The zero-order chi connectivity index (χ0) is 12.6. The standard InChI is InChI=1S/C12H12N2O3/c1-7-5-9-10(13-6-7)3-4-14(11(9)15)8(2)12(16)17/h3-6,8H,1-2H3,(H,16,17)/t8-/m1/s1. The molecule has 0 amide bonds. The second-order valence-electron chi connectivity index (χ2n) is 3.99. The summed E-state index contributed by atoms with van der Waals surface area (Å²) >= 11 is 0. The molecule has 17 heavy (non-hydrogen) atoms. The highest BCUT2D eigenvalue weighted by atomic mass is 16.4. The Hall–Kier alpha value is -2.17. The molecule has 0 fully saturated rings. The molecule has 1 atom stereocenters. The fourth-order valence-corrected chi connectivity index (χ4v) is 1.67. The second-order valence-corrected chi connectivity index (χ2v) is 3.99. The first kappa shape index (κ1) is 11.3. The molecule has 0 radical (unpaired) electrons. The molecule has 0 aromatic carbocycles. The van der Waals surface area contributed by atoms with Gasteiger partial charge in [-0.15, -0.1) is 0 Å². The lowest BCUT2D eigenvalue weighted by Crippen LogP contribution is -2.27. The van der Waals surface area contributed by atoms with Crippen LogP contribution in [0.2, 0.25) is 0 Å². The van der Waals surface area contributed by atoms with Crippen LogP contribution >= 0.6 is 0 Å². The summed E-state index contributed by atoms with van der Waals surface area (Å²) in [4.78, 5) is 27.1. The van der Waals surface area contributed by atoms with Crippen LogP contribution < -0.4 is 5.56 Å². The van der Waals surface area contributed by atoms with Gasteiger partial charge in [0, 0.05) is 12.4 Å². The Kier molecular flexibility index (Phi) is 2.67. The van der Waals surface area contributed by atoms with E-state index in [-0.39, 0.29) is 5.56 Å². The molecule has 0 bridgehead atoms. The van der Waals surface area contributed by atoms with Crippen molar-refractivity contribution in [2.75, 3.05) is 0 Å². The van der Waals surface area contributed by atoms with E-state index in [2.05, 4.69) is 4.98 Å². The van der Waals surface area contributed by atoms with Crippen molar-refractivity contribution in [1.82, 2.24) is 9.55 Å². The molecule has 5 heteroatoms. The highest BCUT2D eigenvalue weighted by molar-refractivity contribution is 5.78. The summed E-state index contributed by atoms with van der Waals surface area (Å²) in [5.74, 6) is -1.04. The maximum Gasteiger partial charge on any atom is 0.326 e. The van der Waals surface area contributed by atoms with Crippen LogP contribution in [0.5, 0.6) is 0 Å². The summed E-state index contributed by atoms with van der Waals surface area (Å²) in [7, 11) is 0. The van der Waals surface area contributed by atoms with Gasteiger partial charge >= 0.3 is 5.97 Å². The number of rotatable bonds is 2. The zero-order valence-electron chi connectivity index (χ0n) is 9.54. The normalized spacial score (nSPS) is 12.6. The van der Waals surface area contributed by atoms with Crippen LogP contribution in [0.15, 0.2) is 29.3 Å². The number of carboxylic acids is 1. The first-order chi connectivity index (χ1) is 8.00. The summed E-state index contributed by atoms with van der Waals surface area (Å²) in [5, 5.41) is 9.36. The summed E-state index contributed by atoms with van der Waals surface area (Å²) in [6, 6.07) is 2.48. The topological polar surface area (TPSA) is 72.2 Å². The number of aryl methyl sites for hydroxylation is 1. The molecule has 1 N–H and O–H groups in total. The highest BCUT2D eigenvalue weighted by Gasteiger charge is 2.15. The average Bonchev–Trinajstić information content (AvgIpc) is 2.29. The van der Waals surface area contributed by atoms with Crippen molar-refractivity contribution in [2.24, 2.45) is 0 Å². The van der Waals surface area contributed by atoms with Crippen molar-refractivity contribution >= 4 is 16.9 Å². The largest absolute Gasteiger partial charge is 0.480 e. The number of pyridine rings is 2. The lowest BCUT2D eigenvalue weighted by atomic mass is 10.2. The number of carboxylic acid groups (broad SMARTS) is 1. The first-order valence-corrected chi connectivity index (χ1v) is 5.21. The molecule has 0 saturated heterocycles. The van der Waals surface area contributed by atoms with Gasteiger partial charge in [-0.05, 0) is 31.5 Å². The number of aliphatic carboxylic acids is 1. The molecule has 2 aromatic heterocycles. The predicted octanol–water partition coefficient (Wildman–Crippen LogP) is 1.35. The van der Waals surface area contributed by atoms with E-state index in [9.17, 15) is 9.59 Å². The van der Waals surface area contributed by atoms with Crippen LogP contribution in [0.4, 0.5) is 0 Å². The van der Waals surface area contributed by atoms with Gasteiger partial charge in [-0.1, -0.05) is 0 Å². The molecule has 0 unspecified atom stereocenters. The summed E-state index contributed by atoms with van der Waals surface area (Å²) in [6.07, 6.45) is 3.14. The number of fused-ring (bicyclic) bond motifs is 1. The number of hydrogen-bond donors (Lipinski definition) is 1. The fraction of sp³-hybridized carbons (Fsp3) is 0.250. The van der Waals surface area contributed by atoms with Gasteiger partial charge in [0.2, 0.25) is 0 Å². The van der Waals surface area contributed by atoms with Crippen LogP contribution in [-0.2, 0) is 4.79 Å². The van der Waals surface area contributed by atoms with E-state index >= 15 is 0 Å². The van der Waals surface area contributed by atoms with Gasteiger partial charge in [0.1, 0.15) is 6.04 Å². The van der Waals surface area contributed by atoms with Crippen molar-refractivity contribution in [1.29, 1.82) is 0 Å². The van der Waals surface area contributed by atoms with Gasteiger partial charge in [0.05, 0.1) is 10.9 Å². The zero-order valence-corrected chi connectivity index (χ0v) is 9.54. The fourth-order valence-electron chi connectivity index (χ4n) is 1.67. The van der Waals surface area contributed by atoms with Crippen LogP contribution in [0.3, 0.4) is 0 Å². The maximum atomic E-state index is 12.1. The molecule has 2 rings (SSSR count). The second kappa shape index (κ2) is 4.01. The Morgan fingerprint density at radius 1 is 1.53 bits per heavy atom. The molecule has 0 aliphatic carbocycles. The van der Waals surface area contributed by atoms with E-state index in [1.807, 2.05) is 6.92 Å². The Morgan fingerprint density at radius 2 is 2.24 bits per heavy atom. The minimum atomic E-state index is -1.04. The third-order valence-corrected chi connectivity index (χ3v) is 2.69. The van der Waals surface area contributed by atoms with E-state index in [1.54, 1.807) is 18.3 Å². The van der Waals surface area contributed by atoms with Gasteiger partial charge in [-0.3, -0.25) is 9.78 Å². The van der Waals surface area contributed by atoms with Crippen molar-refractivity contribution < 1.29 is 9.90 Å². The van der Waals surface area contributed by atoms with Gasteiger partial charge in [0.15, 0.2) is 0 Å². The molecule has 0 spiro atoms. The average molecular weight is 232 g/mol. The molecule has 2 heterocycles. The molecular weight excluding hydrogens is 220 g/mol. The number of hydrogen-bond acceptors (Lipinski definition) is 3. The summed E-state index contributed by atoms with van der Waals surface area (Å²) < 4.78 is 1.20. The van der Waals surface area contributed by atoms with Gasteiger partial charge in [-0.2, -0.15) is 0 Å². The Labute approximate surface area is 97.3 Å². The monoisotopic (exact) mass is 232 g/mol. The molecule has 5 nitrogen and oxygen atoms in total. The number of carbonyl (C=O) groups is 1. The maximum absolute atomic E-state index is 12.1. The van der Waals surface area contributed by atoms with Crippen molar-refractivity contribution in [2.45, 2.75) is 19.9 Å². The van der Waals surface area contributed by atoms with Crippen LogP contribution in [0.1, 0.15) is 18.5 Å². The van der Waals surface area contributed by atoms with Gasteiger partial charge in [0.25, 0.3) is 5.56 Å². The SMILES string of the molecule is Cc1cnc2ccn([C@H](C)C(=O)O)c(=O)c2c1. The molecule has 0 aliphatic heterocycles. The summed E-state index contributed by atoms with van der Waals surface area (Å²) in [5.41, 5.74) is 1.12. The van der Waals surface area contributed by atoms with E-state index in [0.29, 0.717) is 10.9 Å². The third kappa shape index (κ3) is 1.91. The van der Waals surface area contributed by atoms with Gasteiger partial charge < -0.3 is 9.67 Å². The van der Waals surface area contributed by atoms with Crippen LogP contribution in [0.25, 0.3) is 10.9 Å². The minimum absolute atomic E-state index is 0.325. The van der Waals surface area contributed by atoms with E-state index in [4.69, 9.17) is 5.11 Å². The van der Waals surface area contributed by atoms with Crippen LogP contribution in [0, 0.1) is 6.92 Å². The predicted molar refractivity (Wildman–Crippen MR) is 63.1 cm³/mol. The van der Waals surface area contributed by atoms with E-state index < -0.39 is 12.0 Å². The summed E-state index contributed by atoms with van der Waals surface area (Å²) in [6.45, 7) is 3.31. The molecule has 0 saturated carbocycles.